The van der Waals surface area contributed by atoms with Crippen molar-refractivity contribution in [1.82, 2.24) is 18.9 Å². The quantitative estimate of drug-likeness (QED) is 0.435. The molecule has 1 fully saturated rings. The van der Waals surface area contributed by atoms with E-state index in [1.807, 2.05) is 33.3 Å². The molecule has 0 spiro atoms. The van der Waals surface area contributed by atoms with Crippen LogP contribution in [0.3, 0.4) is 0 Å². The van der Waals surface area contributed by atoms with E-state index in [2.05, 4.69) is 44.2 Å². The second kappa shape index (κ2) is 8.88. The predicted molar refractivity (Wildman–Crippen MR) is 127 cm³/mol. The third-order valence-electron chi connectivity index (χ3n) is 5.63. The molecule has 1 saturated heterocycles. The summed E-state index contributed by atoms with van der Waals surface area (Å²) in [6, 6.07) is 12.5. The van der Waals surface area contributed by atoms with E-state index in [-0.39, 0.29) is 6.10 Å². The van der Waals surface area contributed by atoms with Crippen molar-refractivity contribution in [2.75, 3.05) is 32.2 Å². The molecule has 4 heterocycles. The van der Waals surface area contributed by atoms with Crippen molar-refractivity contribution >= 4 is 28.3 Å². The SMILES string of the molecule is Cc1cc(Cc2nc(OC3CCOCC3)c3c(ccn3-c3cccc(N(C)C)c3)n2)sn1. The van der Waals surface area contributed by atoms with Gasteiger partial charge in [0.05, 0.1) is 24.4 Å². The molecule has 4 aromatic rings. The van der Waals surface area contributed by atoms with Crippen molar-refractivity contribution in [2.24, 2.45) is 0 Å². The van der Waals surface area contributed by atoms with Gasteiger partial charge in [-0.1, -0.05) is 6.07 Å². The fraction of sp³-hybridized carbons (Fsp3) is 0.375. The van der Waals surface area contributed by atoms with Gasteiger partial charge in [0.1, 0.15) is 17.4 Å². The highest BCUT2D eigenvalue weighted by atomic mass is 32.1. The van der Waals surface area contributed by atoms with Gasteiger partial charge < -0.3 is 18.9 Å². The van der Waals surface area contributed by atoms with E-state index in [4.69, 9.17) is 19.4 Å². The van der Waals surface area contributed by atoms with Gasteiger partial charge >= 0.3 is 0 Å². The molecule has 0 atom stereocenters. The third-order valence-corrected chi connectivity index (χ3v) is 6.50. The van der Waals surface area contributed by atoms with E-state index in [9.17, 15) is 0 Å². The van der Waals surface area contributed by atoms with Crippen molar-refractivity contribution in [3.8, 4) is 11.6 Å². The highest BCUT2D eigenvalue weighted by molar-refractivity contribution is 7.05. The summed E-state index contributed by atoms with van der Waals surface area (Å²) < 4.78 is 18.5. The molecule has 1 aliphatic heterocycles. The number of hydrogen-bond acceptors (Lipinski definition) is 7. The van der Waals surface area contributed by atoms with Crippen LogP contribution in [0.4, 0.5) is 5.69 Å². The monoisotopic (exact) mass is 449 g/mol. The first-order valence-electron chi connectivity index (χ1n) is 10.9. The van der Waals surface area contributed by atoms with Gasteiger partial charge in [0.15, 0.2) is 0 Å². The highest BCUT2D eigenvalue weighted by Crippen LogP contribution is 2.30. The number of aromatic nitrogens is 4. The number of anilines is 1. The topological polar surface area (TPSA) is 65.3 Å². The second-order valence-corrected chi connectivity index (χ2v) is 9.21. The van der Waals surface area contributed by atoms with Crippen LogP contribution in [0.15, 0.2) is 42.6 Å². The number of ether oxygens (including phenoxy) is 2. The van der Waals surface area contributed by atoms with Gasteiger partial charge in [-0.15, -0.1) is 0 Å². The summed E-state index contributed by atoms with van der Waals surface area (Å²) in [4.78, 5) is 13.0. The van der Waals surface area contributed by atoms with E-state index in [1.165, 1.54) is 11.5 Å². The summed E-state index contributed by atoms with van der Waals surface area (Å²) in [5.74, 6) is 1.39. The Morgan fingerprint density at radius 3 is 2.75 bits per heavy atom. The Labute approximate surface area is 191 Å². The van der Waals surface area contributed by atoms with Crippen LogP contribution in [0.2, 0.25) is 0 Å². The fourth-order valence-corrected chi connectivity index (χ4v) is 4.69. The molecule has 0 N–H and O–H groups in total. The summed E-state index contributed by atoms with van der Waals surface area (Å²) in [6.07, 6.45) is 4.52. The number of nitrogens with zero attached hydrogens (tertiary/aromatic N) is 5. The van der Waals surface area contributed by atoms with Gasteiger partial charge in [0.25, 0.3) is 0 Å². The highest BCUT2D eigenvalue weighted by Gasteiger charge is 2.21. The molecule has 8 heteroatoms. The lowest BCUT2D eigenvalue weighted by atomic mass is 10.1. The molecule has 0 amide bonds. The average Bonchev–Trinajstić information content (AvgIpc) is 3.40. The maximum Gasteiger partial charge on any atom is 0.242 e. The van der Waals surface area contributed by atoms with Crippen molar-refractivity contribution < 1.29 is 9.47 Å². The molecule has 0 aliphatic carbocycles. The predicted octanol–water partition coefficient (Wildman–Crippen LogP) is 4.40. The molecule has 0 unspecified atom stereocenters. The maximum atomic E-state index is 6.48. The average molecular weight is 450 g/mol. The van der Waals surface area contributed by atoms with Crippen LogP contribution in [0.1, 0.15) is 29.2 Å². The Bertz CT molecular complexity index is 1230. The van der Waals surface area contributed by atoms with Crippen molar-refractivity contribution in [2.45, 2.75) is 32.3 Å². The lowest BCUT2D eigenvalue weighted by Gasteiger charge is -2.23. The molecule has 32 heavy (non-hydrogen) atoms. The van der Waals surface area contributed by atoms with Crippen LogP contribution in [0.25, 0.3) is 16.7 Å². The van der Waals surface area contributed by atoms with Crippen LogP contribution < -0.4 is 9.64 Å². The van der Waals surface area contributed by atoms with Gasteiger partial charge in [-0.25, -0.2) is 4.98 Å². The van der Waals surface area contributed by atoms with Gasteiger partial charge in [0, 0.05) is 55.8 Å². The van der Waals surface area contributed by atoms with Crippen LogP contribution in [0.5, 0.6) is 5.88 Å². The summed E-state index contributed by atoms with van der Waals surface area (Å²) in [5.41, 5.74) is 4.99. The van der Waals surface area contributed by atoms with Gasteiger partial charge in [-0.3, -0.25) is 0 Å². The van der Waals surface area contributed by atoms with Crippen molar-refractivity contribution in [3.63, 3.8) is 0 Å². The molecular formula is C24H27N5O2S. The Morgan fingerprint density at radius 1 is 1.16 bits per heavy atom. The normalized spacial score (nSPS) is 14.7. The first-order chi connectivity index (χ1) is 15.6. The second-order valence-electron chi connectivity index (χ2n) is 8.32. The first kappa shape index (κ1) is 20.9. The largest absolute Gasteiger partial charge is 0.473 e. The van der Waals surface area contributed by atoms with Crippen LogP contribution in [0, 0.1) is 6.92 Å². The standard InChI is InChI=1S/C24H27N5O2S/c1-16-13-20(32-27-16)15-22-25-21-7-10-29(18-6-4-5-17(14-18)28(2)3)23(21)24(26-22)31-19-8-11-30-12-9-19/h4-7,10,13-14,19H,8-9,11-12,15H2,1-3H3. The maximum absolute atomic E-state index is 6.48. The van der Waals surface area contributed by atoms with Crippen LogP contribution in [-0.2, 0) is 11.2 Å². The zero-order valence-corrected chi connectivity index (χ0v) is 19.4. The molecule has 166 valence electrons. The molecular weight excluding hydrogens is 422 g/mol. The van der Waals surface area contributed by atoms with Crippen molar-refractivity contribution in [1.29, 1.82) is 0 Å². The summed E-state index contributed by atoms with van der Waals surface area (Å²) in [6.45, 7) is 3.45. The van der Waals surface area contributed by atoms with Crippen molar-refractivity contribution in [3.05, 3.63) is 59.0 Å². The number of rotatable bonds is 6. The van der Waals surface area contributed by atoms with Gasteiger partial charge in [-0.2, -0.15) is 9.36 Å². The molecule has 1 aliphatic rings. The summed E-state index contributed by atoms with van der Waals surface area (Å²) >= 11 is 1.50. The Balaban J connectivity index is 1.59. The third kappa shape index (κ3) is 4.33. The smallest absolute Gasteiger partial charge is 0.242 e. The van der Waals surface area contributed by atoms with Gasteiger partial charge in [-0.05, 0) is 48.8 Å². The molecule has 3 aromatic heterocycles. The van der Waals surface area contributed by atoms with E-state index >= 15 is 0 Å². The summed E-state index contributed by atoms with van der Waals surface area (Å²) in [5, 5.41) is 0. The van der Waals surface area contributed by atoms with E-state index in [0.717, 1.165) is 64.9 Å². The first-order valence-corrected chi connectivity index (χ1v) is 11.7. The fourth-order valence-electron chi connectivity index (χ4n) is 3.96. The van der Waals surface area contributed by atoms with Crippen LogP contribution in [-0.4, -0.2) is 52.3 Å². The van der Waals surface area contributed by atoms with E-state index in [0.29, 0.717) is 12.3 Å². The Morgan fingerprint density at radius 2 is 2.00 bits per heavy atom. The minimum atomic E-state index is 0.0943. The molecule has 0 bridgehead atoms. The molecule has 1 aromatic carbocycles. The zero-order valence-electron chi connectivity index (χ0n) is 18.6. The molecule has 7 nitrogen and oxygen atoms in total. The van der Waals surface area contributed by atoms with E-state index in [1.54, 1.807) is 0 Å². The number of benzene rings is 1. The number of aryl methyl sites for hydroxylation is 1. The van der Waals surface area contributed by atoms with Crippen LogP contribution >= 0.6 is 11.5 Å². The minimum Gasteiger partial charge on any atom is -0.473 e. The van der Waals surface area contributed by atoms with E-state index < -0.39 is 0 Å². The molecule has 0 radical (unpaired) electrons. The lowest BCUT2D eigenvalue weighted by molar-refractivity contribution is 0.0242. The minimum absolute atomic E-state index is 0.0943. The molecule has 5 rings (SSSR count). The summed E-state index contributed by atoms with van der Waals surface area (Å²) in [7, 11) is 4.09. The number of hydrogen-bond donors (Lipinski definition) is 0. The zero-order chi connectivity index (χ0) is 22.1. The Kier molecular flexibility index (Phi) is 5.80. The molecule has 0 saturated carbocycles. The lowest BCUT2D eigenvalue weighted by Crippen LogP contribution is -2.26. The van der Waals surface area contributed by atoms with Gasteiger partial charge in [0.2, 0.25) is 5.88 Å². The number of fused-ring (bicyclic) bond motifs is 1. The Hall–Kier alpha value is -2.97.